The minimum atomic E-state index is -0.340. The Labute approximate surface area is 174 Å². The Morgan fingerprint density at radius 2 is 1.61 bits per heavy atom. The molecule has 0 aliphatic rings. The number of benzene rings is 3. The van der Waals surface area contributed by atoms with E-state index in [1.54, 1.807) is 60.7 Å². The normalized spacial score (nSPS) is 10.8. The van der Waals surface area contributed by atoms with Crippen LogP contribution in [0.2, 0.25) is 5.02 Å². The molecule has 0 bridgehead atoms. The Morgan fingerprint density at radius 1 is 0.893 bits per heavy atom. The van der Waals surface area contributed by atoms with Crippen LogP contribution in [0.25, 0.3) is 11.0 Å². The van der Waals surface area contributed by atoms with Crippen molar-refractivity contribution in [2.75, 3.05) is 5.32 Å². The van der Waals surface area contributed by atoms with E-state index in [0.29, 0.717) is 32.8 Å². The third-order valence-electron chi connectivity index (χ3n) is 4.24. The highest BCUT2D eigenvalue weighted by atomic mass is 79.9. The molecule has 0 aliphatic carbocycles. The summed E-state index contributed by atoms with van der Waals surface area (Å²) < 4.78 is 6.63. The van der Waals surface area contributed by atoms with Gasteiger partial charge in [-0.3, -0.25) is 9.59 Å². The fraction of sp³-hybridized carbons (Fsp3) is 0. The van der Waals surface area contributed by atoms with Crippen LogP contribution in [0.3, 0.4) is 0 Å². The summed E-state index contributed by atoms with van der Waals surface area (Å²) in [5.74, 6) is -0.597. The number of rotatable bonds is 4. The number of carbonyl (C=O) groups is 2. The van der Waals surface area contributed by atoms with Crippen LogP contribution >= 0.6 is 27.5 Å². The molecular weight excluding hydrogens is 442 g/mol. The largest absolute Gasteiger partial charge is 0.450 e. The molecule has 1 amide bonds. The molecule has 4 aromatic rings. The van der Waals surface area contributed by atoms with Crippen LogP contribution in [0.15, 0.2) is 81.7 Å². The summed E-state index contributed by atoms with van der Waals surface area (Å²) in [4.78, 5) is 25.8. The van der Waals surface area contributed by atoms with Crippen molar-refractivity contribution in [1.29, 1.82) is 0 Å². The van der Waals surface area contributed by atoms with E-state index in [1.807, 2.05) is 12.1 Å². The molecule has 6 heteroatoms. The second-order valence-electron chi connectivity index (χ2n) is 6.10. The number of fused-ring (bicyclic) bond motifs is 1. The molecule has 0 saturated heterocycles. The molecule has 0 saturated carbocycles. The van der Waals surface area contributed by atoms with E-state index in [-0.39, 0.29) is 17.5 Å². The van der Waals surface area contributed by atoms with E-state index in [2.05, 4.69) is 21.2 Å². The standard InChI is InChI=1S/C22H13BrClNO3/c23-15-8-11-18-17(12-15)19(25-22(27)14-4-2-1-3-5-14)21(28-18)20(26)13-6-9-16(24)10-7-13/h1-12H,(H,25,27). The maximum Gasteiger partial charge on any atom is 0.255 e. The predicted molar refractivity (Wildman–Crippen MR) is 113 cm³/mol. The molecular formula is C22H13BrClNO3. The van der Waals surface area contributed by atoms with Gasteiger partial charge in [-0.05, 0) is 54.6 Å². The molecule has 1 aromatic heterocycles. The Morgan fingerprint density at radius 3 is 2.32 bits per heavy atom. The molecule has 0 aliphatic heterocycles. The first-order valence-corrected chi connectivity index (χ1v) is 9.59. The number of furan rings is 1. The van der Waals surface area contributed by atoms with Gasteiger partial charge in [0.25, 0.3) is 5.91 Å². The molecule has 0 radical (unpaired) electrons. The number of amides is 1. The molecule has 0 fully saturated rings. The van der Waals surface area contributed by atoms with Crippen LogP contribution < -0.4 is 5.32 Å². The first-order valence-electron chi connectivity index (χ1n) is 8.41. The third kappa shape index (κ3) is 3.59. The van der Waals surface area contributed by atoms with Gasteiger partial charge in [-0.2, -0.15) is 0 Å². The van der Waals surface area contributed by atoms with Gasteiger partial charge in [-0.1, -0.05) is 45.7 Å². The Hall–Kier alpha value is -2.89. The highest BCUT2D eigenvalue weighted by Crippen LogP contribution is 2.35. The number of anilines is 1. The zero-order chi connectivity index (χ0) is 19.7. The van der Waals surface area contributed by atoms with Crippen molar-refractivity contribution in [3.8, 4) is 0 Å². The van der Waals surface area contributed by atoms with E-state index < -0.39 is 0 Å². The minimum absolute atomic E-state index is 0.0692. The van der Waals surface area contributed by atoms with Crippen LogP contribution in [-0.2, 0) is 0 Å². The van der Waals surface area contributed by atoms with Crippen molar-refractivity contribution in [2.24, 2.45) is 0 Å². The van der Waals surface area contributed by atoms with Crippen molar-refractivity contribution in [2.45, 2.75) is 0 Å². The second kappa shape index (κ2) is 7.62. The van der Waals surface area contributed by atoms with Crippen LogP contribution in [0, 0.1) is 0 Å². The topological polar surface area (TPSA) is 59.3 Å². The summed E-state index contributed by atoms with van der Waals surface area (Å²) >= 11 is 9.34. The zero-order valence-corrected chi connectivity index (χ0v) is 16.8. The molecule has 1 heterocycles. The van der Waals surface area contributed by atoms with Gasteiger partial charge in [0, 0.05) is 26.0 Å². The lowest BCUT2D eigenvalue weighted by Crippen LogP contribution is -2.14. The fourth-order valence-corrected chi connectivity index (χ4v) is 3.35. The average Bonchev–Trinajstić information content (AvgIpc) is 3.06. The van der Waals surface area contributed by atoms with Gasteiger partial charge in [-0.15, -0.1) is 0 Å². The molecule has 0 spiro atoms. The van der Waals surface area contributed by atoms with Crippen LogP contribution in [0.1, 0.15) is 26.5 Å². The first kappa shape index (κ1) is 18.5. The molecule has 4 nitrogen and oxygen atoms in total. The van der Waals surface area contributed by atoms with E-state index in [9.17, 15) is 9.59 Å². The lowest BCUT2D eigenvalue weighted by molar-refractivity contribution is 0.101. The SMILES string of the molecule is O=C(Nc1c(C(=O)c2ccc(Cl)cc2)oc2ccc(Br)cc12)c1ccccc1. The summed E-state index contributed by atoms with van der Waals surface area (Å²) in [5, 5.41) is 4.00. The highest BCUT2D eigenvalue weighted by molar-refractivity contribution is 9.10. The van der Waals surface area contributed by atoms with E-state index >= 15 is 0 Å². The average molecular weight is 455 g/mol. The van der Waals surface area contributed by atoms with Gasteiger partial charge >= 0.3 is 0 Å². The summed E-state index contributed by atoms with van der Waals surface area (Å²) in [6.45, 7) is 0. The molecule has 3 aromatic carbocycles. The summed E-state index contributed by atoms with van der Waals surface area (Å²) in [6, 6.07) is 20.7. The van der Waals surface area contributed by atoms with Gasteiger partial charge in [0.15, 0.2) is 5.76 Å². The summed E-state index contributed by atoms with van der Waals surface area (Å²) in [7, 11) is 0. The smallest absolute Gasteiger partial charge is 0.255 e. The van der Waals surface area contributed by atoms with E-state index in [1.165, 1.54) is 0 Å². The number of ketones is 1. The van der Waals surface area contributed by atoms with Crippen LogP contribution in [0.5, 0.6) is 0 Å². The predicted octanol–water partition coefficient (Wildman–Crippen LogP) is 6.33. The lowest BCUT2D eigenvalue weighted by atomic mass is 10.1. The van der Waals surface area contributed by atoms with Crippen LogP contribution in [-0.4, -0.2) is 11.7 Å². The quantitative estimate of drug-likeness (QED) is 0.366. The maximum absolute atomic E-state index is 13.1. The number of carbonyl (C=O) groups excluding carboxylic acids is 2. The minimum Gasteiger partial charge on any atom is -0.450 e. The molecule has 0 unspecified atom stereocenters. The molecule has 0 atom stereocenters. The van der Waals surface area contributed by atoms with Crippen molar-refractivity contribution >= 4 is 55.9 Å². The number of nitrogens with one attached hydrogen (secondary N) is 1. The van der Waals surface area contributed by atoms with Gasteiger partial charge in [0.1, 0.15) is 5.58 Å². The van der Waals surface area contributed by atoms with Gasteiger partial charge in [-0.25, -0.2) is 0 Å². The summed E-state index contributed by atoms with van der Waals surface area (Å²) in [5.41, 5.74) is 1.74. The highest BCUT2D eigenvalue weighted by Gasteiger charge is 2.24. The lowest BCUT2D eigenvalue weighted by Gasteiger charge is -2.06. The molecule has 28 heavy (non-hydrogen) atoms. The number of hydrogen-bond donors (Lipinski definition) is 1. The van der Waals surface area contributed by atoms with Crippen molar-refractivity contribution in [3.63, 3.8) is 0 Å². The second-order valence-corrected chi connectivity index (χ2v) is 7.45. The van der Waals surface area contributed by atoms with Gasteiger partial charge in [0.2, 0.25) is 5.78 Å². The zero-order valence-electron chi connectivity index (χ0n) is 14.4. The monoisotopic (exact) mass is 453 g/mol. The number of halogens is 2. The van der Waals surface area contributed by atoms with E-state index in [0.717, 1.165) is 4.47 Å². The van der Waals surface area contributed by atoms with E-state index in [4.69, 9.17) is 16.0 Å². The Balaban J connectivity index is 1.82. The van der Waals surface area contributed by atoms with Crippen molar-refractivity contribution < 1.29 is 14.0 Å². The Bertz CT molecular complexity index is 1180. The molecule has 138 valence electrons. The third-order valence-corrected chi connectivity index (χ3v) is 4.98. The molecule has 4 rings (SSSR count). The van der Waals surface area contributed by atoms with Crippen molar-refractivity contribution in [3.05, 3.63) is 99.2 Å². The maximum atomic E-state index is 13.1. The Kier molecular flexibility index (Phi) is 5.03. The molecule has 1 N–H and O–H groups in total. The van der Waals surface area contributed by atoms with Gasteiger partial charge in [0.05, 0.1) is 5.69 Å². The fourth-order valence-electron chi connectivity index (χ4n) is 2.86. The summed E-state index contributed by atoms with van der Waals surface area (Å²) in [6.07, 6.45) is 0. The first-order chi connectivity index (χ1) is 13.5. The van der Waals surface area contributed by atoms with Crippen molar-refractivity contribution in [1.82, 2.24) is 0 Å². The van der Waals surface area contributed by atoms with Crippen LogP contribution in [0.4, 0.5) is 5.69 Å². The number of hydrogen-bond acceptors (Lipinski definition) is 3. The van der Waals surface area contributed by atoms with Gasteiger partial charge < -0.3 is 9.73 Å².